The van der Waals surface area contributed by atoms with Gasteiger partial charge in [0.1, 0.15) is 65.3 Å². The van der Waals surface area contributed by atoms with Gasteiger partial charge in [-0.2, -0.15) is 0 Å². The number of carbonyl (C=O) groups excluding carboxylic acids is 5. The Kier molecular flexibility index (Phi) is 17.0. The Bertz CT molecular complexity index is 2410. The molecule has 370 valence electrons. The molecule has 4 aromatic rings. The van der Waals surface area contributed by atoms with Gasteiger partial charge in [-0.15, -0.1) is 0 Å². The number of phosphoric ester groups is 1. The number of amides is 3. The van der Waals surface area contributed by atoms with Crippen molar-refractivity contribution in [1.29, 1.82) is 0 Å². The fourth-order valence-corrected chi connectivity index (χ4v) is 9.81. The second-order valence-corrected chi connectivity index (χ2v) is 19.1. The number of methoxy groups -OCH3 is 3. The predicted molar refractivity (Wildman–Crippen MR) is 251 cm³/mol. The SMILES string of the molecule is COc1cc(OC)c(C[C@H](NC(=O)[C@@H]2CCCN2C(=O)[C@H](Cc2ccc(O)cc2)NC(C)=O)C(=O)OCC2(C(=O)C(C)(C)C)OCCC2OP(=O)(Oc2ccccc2)Oc2ccccc2)c(OC)c1. The number of hydrogen-bond donors (Lipinski definition) is 3. The van der Waals surface area contributed by atoms with Crippen molar-refractivity contribution in [1.82, 2.24) is 15.5 Å². The van der Waals surface area contributed by atoms with E-state index >= 15 is 0 Å². The second-order valence-electron chi connectivity index (χ2n) is 17.7. The van der Waals surface area contributed by atoms with Gasteiger partial charge in [0.2, 0.25) is 17.7 Å². The smallest absolute Gasteiger partial charge is 0.508 e. The van der Waals surface area contributed by atoms with E-state index in [1.807, 2.05) is 0 Å². The number of likely N-dealkylation sites (tertiary alicyclic amines) is 1. The van der Waals surface area contributed by atoms with Gasteiger partial charge in [-0.3, -0.25) is 23.7 Å². The number of aromatic hydroxyl groups is 1. The summed E-state index contributed by atoms with van der Waals surface area (Å²) >= 11 is 0. The molecule has 0 radical (unpaired) electrons. The third kappa shape index (κ3) is 12.9. The molecule has 0 saturated carbocycles. The maximum atomic E-state index is 14.7. The number of Topliss-reactive ketones (excluding diaryl/α,β-unsaturated/α-hetero) is 1. The fraction of sp³-hybridized carbons (Fsp3) is 0.420. The number of phosphoric acid groups is 1. The molecule has 0 spiro atoms. The molecule has 6 rings (SSSR count). The molecule has 0 aliphatic carbocycles. The van der Waals surface area contributed by atoms with E-state index in [4.69, 9.17) is 37.3 Å². The number of rotatable bonds is 21. The van der Waals surface area contributed by atoms with Crippen LogP contribution in [-0.2, 0) is 55.4 Å². The monoisotopic (exact) mass is 973 g/mol. The van der Waals surface area contributed by atoms with E-state index in [-0.39, 0.29) is 67.6 Å². The van der Waals surface area contributed by atoms with Gasteiger partial charge in [-0.1, -0.05) is 69.3 Å². The molecule has 2 fully saturated rings. The van der Waals surface area contributed by atoms with Crippen molar-refractivity contribution in [3.8, 4) is 34.5 Å². The third-order valence-corrected chi connectivity index (χ3v) is 13.0. The summed E-state index contributed by atoms with van der Waals surface area (Å²) in [5.41, 5.74) is -2.19. The Hall–Kier alpha value is -6.62. The summed E-state index contributed by atoms with van der Waals surface area (Å²) in [5, 5.41) is 15.3. The number of para-hydroxylation sites is 2. The molecular formula is C50H60N3O15P. The number of esters is 1. The van der Waals surface area contributed by atoms with E-state index in [0.717, 1.165) is 0 Å². The average molecular weight is 974 g/mol. The summed E-state index contributed by atoms with van der Waals surface area (Å²) in [7, 11) is -0.351. The van der Waals surface area contributed by atoms with Crippen LogP contribution >= 0.6 is 7.82 Å². The number of carbonyl (C=O) groups is 5. The molecule has 0 bridgehead atoms. The van der Waals surface area contributed by atoms with E-state index in [2.05, 4.69) is 10.6 Å². The Labute approximate surface area is 401 Å². The lowest BCUT2D eigenvalue weighted by atomic mass is 9.78. The zero-order chi connectivity index (χ0) is 49.9. The summed E-state index contributed by atoms with van der Waals surface area (Å²) in [6.07, 6.45) is -0.870. The van der Waals surface area contributed by atoms with Crippen molar-refractivity contribution in [2.45, 2.75) is 89.6 Å². The Morgan fingerprint density at radius 3 is 1.93 bits per heavy atom. The van der Waals surface area contributed by atoms with E-state index in [9.17, 15) is 33.6 Å². The molecule has 3 N–H and O–H groups in total. The van der Waals surface area contributed by atoms with Crippen molar-refractivity contribution in [2.75, 3.05) is 41.1 Å². The summed E-state index contributed by atoms with van der Waals surface area (Å²) < 4.78 is 61.9. The quantitative estimate of drug-likeness (QED) is 0.0629. The van der Waals surface area contributed by atoms with Crippen LogP contribution in [0.3, 0.4) is 0 Å². The highest BCUT2D eigenvalue weighted by Crippen LogP contribution is 2.54. The van der Waals surface area contributed by atoms with Gasteiger partial charge in [0, 0.05) is 55.8 Å². The lowest BCUT2D eigenvalue weighted by Gasteiger charge is -2.37. The van der Waals surface area contributed by atoms with E-state index in [0.29, 0.717) is 23.3 Å². The normalized spacial score (nSPS) is 18.9. The van der Waals surface area contributed by atoms with Crippen LogP contribution in [0.5, 0.6) is 34.5 Å². The van der Waals surface area contributed by atoms with Crippen LogP contribution in [0.15, 0.2) is 97.1 Å². The number of benzene rings is 4. The van der Waals surface area contributed by atoms with Crippen LogP contribution in [0, 0.1) is 5.41 Å². The first-order chi connectivity index (χ1) is 32.9. The van der Waals surface area contributed by atoms with Crippen molar-refractivity contribution in [3.63, 3.8) is 0 Å². The van der Waals surface area contributed by atoms with Gasteiger partial charge in [0.15, 0.2) is 11.4 Å². The van der Waals surface area contributed by atoms with Crippen LogP contribution in [0.4, 0.5) is 0 Å². The topological polar surface area (TPSA) is 224 Å². The molecule has 19 heteroatoms. The minimum Gasteiger partial charge on any atom is -0.508 e. The standard InChI is InChI=1S/C50H60N3O15P/c1-32(54)51-39(27-33-20-22-34(55)23-21-33)46(57)53-25-14-19-41(53)45(56)52-40(30-38-42(62-6)28-37(61-5)29-43(38)63-7)47(58)64-31-50(48(59)49(2,3)4)44(24-26-65-50)68-69(60,66-35-15-10-8-11-16-35)67-36-17-12-9-13-18-36/h8-13,15-18,20-23,28-29,39-41,44,55H,14,19,24-27,30-31H2,1-7H3,(H,51,54)(H,52,56)/t39-,40-,41-,44?,50?/m0/s1. The first kappa shape index (κ1) is 51.8. The van der Waals surface area contributed by atoms with Crippen LogP contribution in [0.1, 0.15) is 58.1 Å². The van der Waals surface area contributed by atoms with Crippen LogP contribution in [-0.4, -0.2) is 110 Å². The van der Waals surface area contributed by atoms with Crippen LogP contribution in [0.2, 0.25) is 0 Å². The number of nitrogens with zero attached hydrogens (tertiary/aromatic N) is 1. The number of nitrogens with one attached hydrogen (secondary N) is 2. The fourth-order valence-electron chi connectivity index (χ4n) is 8.34. The highest BCUT2D eigenvalue weighted by Gasteiger charge is 2.58. The van der Waals surface area contributed by atoms with Crippen LogP contribution in [0.25, 0.3) is 0 Å². The minimum absolute atomic E-state index is 0.0117. The maximum absolute atomic E-state index is 14.7. The molecule has 69 heavy (non-hydrogen) atoms. The van der Waals surface area contributed by atoms with E-state index in [1.165, 1.54) is 45.3 Å². The first-order valence-corrected chi connectivity index (χ1v) is 23.9. The van der Waals surface area contributed by atoms with Gasteiger partial charge < -0.3 is 53.4 Å². The van der Waals surface area contributed by atoms with Crippen molar-refractivity contribution >= 4 is 37.3 Å². The second kappa shape index (κ2) is 22.7. The van der Waals surface area contributed by atoms with Gasteiger partial charge in [0.05, 0.1) is 27.9 Å². The van der Waals surface area contributed by atoms with Crippen molar-refractivity contribution < 1.29 is 70.9 Å². The lowest BCUT2D eigenvalue weighted by Crippen LogP contribution is -2.58. The number of ether oxygens (including phenoxy) is 5. The van der Waals surface area contributed by atoms with E-state index < -0.39 is 79.1 Å². The molecule has 2 saturated heterocycles. The number of hydrogen-bond acceptors (Lipinski definition) is 15. The molecule has 4 aromatic carbocycles. The summed E-state index contributed by atoms with van der Waals surface area (Å²) in [6.45, 7) is 5.59. The Balaban J connectivity index is 1.32. The molecular weight excluding hydrogens is 914 g/mol. The number of phenolic OH excluding ortho intramolecular Hbond substituents is 1. The highest BCUT2D eigenvalue weighted by atomic mass is 31.2. The van der Waals surface area contributed by atoms with E-state index in [1.54, 1.807) is 106 Å². The van der Waals surface area contributed by atoms with Gasteiger partial charge >= 0.3 is 13.8 Å². The predicted octanol–water partition coefficient (Wildman–Crippen LogP) is 6.15. The van der Waals surface area contributed by atoms with Gasteiger partial charge in [0.25, 0.3) is 0 Å². The zero-order valence-corrected chi connectivity index (χ0v) is 40.7. The van der Waals surface area contributed by atoms with Gasteiger partial charge in [-0.25, -0.2) is 9.36 Å². The van der Waals surface area contributed by atoms with Crippen molar-refractivity contribution in [2.24, 2.45) is 5.41 Å². The Morgan fingerprint density at radius 1 is 0.797 bits per heavy atom. The summed E-state index contributed by atoms with van der Waals surface area (Å²) in [5.74, 6) is -2.01. The number of ketones is 1. The van der Waals surface area contributed by atoms with Crippen LogP contribution < -0.4 is 33.9 Å². The minimum atomic E-state index is -4.64. The first-order valence-electron chi connectivity index (χ1n) is 22.5. The van der Waals surface area contributed by atoms with Crippen molar-refractivity contribution in [3.05, 3.63) is 108 Å². The lowest BCUT2D eigenvalue weighted by molar-refractivity contribution is -0.172. The molecule has 5 atom stereocenters. The summed E-state index contributed by atoms with van der Waals surface area (Å²) in [4.78, 5) is 71.8. The third-order valence-electron chi connectivity index (χ3n) is 11.6. The molecule has 2 aliphatic heterocycles. The Morgan fingerprint density at radius 2 is 1.39 bits per heavy atom. The number of phenols is 1. The zero-order valence-electron chi connectivity index (χ0n) is 39.8. The average Bonchev–Trinajstić information content (AvgIpc) is 3.98. The molecule has 2 heterocycles. The molecule has 18 nitrogen and oxygen atoms in total. The highest BCUT2D eigenvalue weighted by molar-refractivity contribution is 7.49. The largest absolute Gasteiger partial charge is 0.587 e. The van der Waals surface area contributed by atoms with Gasteiger partial charge in [-0.05, 0) is 54.8 Å². The molecule has 2 unspecified atom stereocenters. The molecule has 3 amide bonds. The summed E-state index contributed by atoms with van der Waals surface area (Å²) in [6, 6.07) is 22.1. The molecule has 0 aromatic heterocycles. The molecule has 2 aliphatic rings. The maximum Gasteiger partial charge on any atom is 0.587 e.